The van der Waals surface area contributed by atoms with Crippen LogP contribution in [0.3, 0.4) is 0 Å². The van der Waals surface area contributed by atoms with Gasteiger partial charge >= 0.3 is 0 Å². The molecule has 0 heterocycles. The largest absolute Gasteiger partial charge is 0.508 e. The van der Waals surface area contributed by atoms with E-state index in [1.165, 1.54) is 12.1 Å². The third-order valence-corrected chi connectivity index (χ3v) is 4.30. The van der Waals surface area contributed by atoms with E-state index in [0.717, 1.165) is 27.1 Å². The monoisotopic (exact) mass is 340 g/mol. The zero-order valence-corrected chi connectivity index (χ0v) is 13.9. The van der Waals surface area contributed by atoms with Crippen LogP contribution in [0.2, 0.25) is 0 Å². The van der Waals surface area contributed by atoms with Crippen LogP contribution in [0.5, 0.6) is 5.75 Å². The van der Waals surface area contributed by atoms with Crippen LogP contribution >= 0.6 is 0 Å². The van der Waals surface area contributed by atoms with Crippen molar-refractivity contribution in [3.63, 3.8) is 0 Å². The lowest BCUT2D eigenvalue weighted by molar-refractivity contribution is 0.0955. The highest BCUT2D eigenvalue weighted by molar-refractivity contribution is 6.13. The van der Waals surface area contributed by atoms with Gasteiger partial charge in [0.25, 0.3) is 5.91 Å². The van der Waals surface area contributed by atoms with E-state index in [1.807, 2.05) is 36.4 Å². The number of aromatic hydroxyl groups is 1. The van der Waals surface area contributed by atoms with Crippen LogP contribution in [0.15, 0.2) is 84.0 Å². The van der Waals surface area contributed by atoms with E-state index >= 15 is 0 Å². The number of phenols is 1. The molecule has 0 saturated heterocycles. The summed E-state index contributed by atoms with van der Waals surface area (Å²) in [5.41, 5.74) is 3.94. The molecule has 0 aliphatic carbocycles. The van der Waals surface area contributed by atoms with Gasteiger partial charge in [0.05, 0.1) is 6.21 Å². The Morgan fingerprint density at radius 2 is 1.42 bits per heavy atom. The fourth-order valence-corrected chi connectivity index (χ4v) is 3.02. The minimum Gasteiger partial charge on any atom is -0.508 e. The number of hydrogen-bond acceptors (Lipinski definition) is 3. The van der Waals surface area contributed by atoms with E-state index in [1.54, 1.807) is 18.3 Å². The first-order valence-corrected chi connectivity index (χ1v) is 8.25. The van der Waals surface area contributed by atoms with E-state index in [9.17, 15) is 9.90 Å². The molecule has 0 spiro atoms. The van der Waals surface area contributed by atoms with Crippen LogP contribution in [0.1, 0.15) is 15.9 Å². The molecule has 0 radical (unpaired) electrons. The van der Waals surface area contributed by atoms with E-state index in [2.05, 4.69) is 28.7 Å². The summed E-state index contributed by atoms with van der Waals surface area (Å²) >= 11 is 0. The lowest BCUT2D eigenvalue weighted by atomic mass is 9.97. The molecule has 0 saturated carbocycles. The standard InChI is InChI=1S/C22H16N2O2/c25-18-11-9-15(10-12-18)22(26)24-23-14-21-19-7-3-1-5-16(19)13-17-6-2-4-8-20(17)21/h1-14,25H,(H,24,26)/b23-14-. The van der Waals surface area contributed by atoms with Crippen molar-refractivity contribution in [2.24, 2.45) is 5.10 Å². The molecule has 0 fully saturated rings. The van der Waals surface area contributed by atoms with Crippen LogP contribution in [-0.4, -0.2) is 17.2 Å². The number of benzene rings is 4. The van der Waals surface area contributed by atoms with Crippen molar-refractivity contribution < 1.29 is 9.90 Å². The Bertz CT molecular complexity index is 1080. The average molecular weight is 340 g/mol. The van der Waals surface area contributed by atoms with Crippen molar-refractivity contribution in [2.45, 2.75) is 0 Å². The Labute approximate surface area is 150 Å². The topological polar surface area (TPSA) is 61.7 Å². The third-order valence-electron chi connectivity index (χ3n) is 4.30. The van der Waals surface area contributed by atoms with Gasteiger partial charge in [0, 0.05) is 11.1 Å². The lowest BCUT2D eigenvalue weighted by Gasteiger charge is -2.08. The van der Waals surface area contributed by atoms with E-state index in [-0.39, 0.29) is 11.7 Å². The molecule has 4 heteroatoms. The second-order valence-corrected chi connectivity index (χ2v) is 5.98. The SMILES string of the molecule is O=C(N/N=C\c1c2ccccc2cc2ccccc12)c1ccc(O)cc1. The van der Waals surface area contributed by atoms with Gasteiger partial charge in [-0.3, -0.25) is 4.79 Å². The van der Waals surface area contributed by atoms with Crippen molar-refractivity contribution in [3.05, 3.63) is 90.0 Å². The highest BCUT2D eigenvalue weighted by Crippen LogP contribution is 2.27. The van der Waals surface area contributed by atoms with Gasteiger partial charge < -0.3 is 5.11 Å². The fraction of sp³-hybridized carbons (Fsp3) is 0. The van der Waals surface area contributed by atoms with Crippen LogP contribution in [0.4, 0.5) is 0 Å². The number of nitrogens with one attached hydrogen (secondary N) is 1. The first-order chi connectivity index (χ1) is 12.7. The van der Waals surface area contributed by atoms with Gasteiger partial charge in [0.1, 0.15) is 5.75 Å². The maximum Gasteiger partial charge on any atom is 0.271 e. The quantitative estimate of drug-likeness (QED) is 0.328. The van der Waals surface area contributed by atoms with Gasteiger partial charge in [-0.25, -0.2) is 5.43 Å². The normalized spacial score (nSPS) is 11.2. The van der Waals surface area contributed by atoms with Crippen LogP contribution in [-0.2, 0) is 0 Å². The second kappa shape index (κ2) is 6.69. The van der Waals surface area contributed by atoms with Crippen LogP contribution in [0.25, 0.3) is 21.5 Å². The maximum absolute atomic E-state index is 12.2. The predicted molar refractivity (Wildman–Crippen MR) is 105 cm³/mol. The summed E-state index contributed by atoms with van der Waals surface area (Å²) in [4.78, 5) is 12.2. The van der Waals surface area contributed by atoms with E-state index in [4.69, 9.17) is 0 Å². The molecular formula is C22H16N2O2. The molecule has 26 heavy (non-hydrogen) atoms. The van der Waals surface area contributed by atoms with Gasteiger partial charge in [0.2, 0.25) is 0 Å². The van der Waals surface area contributed by atoms with Gasteiger partial charge in [-0.2, -0.15) is 5.10 Å². The van der Waals surface area contributed by atoms with Crippen LogP contribution < -0.4 is 5.43 Å². The van der Waals surface area contributed by atoms with Crippen molar-refractivity contribution >= 4 is 33.7 Å². The minimum atomic E-state index is -0.328. The van der Waals surface area contributed by atoms with Gasteiger partial charge in [-0.05, 0) is 51.9 Å². The molecule has 126 valence electrons. The molecule has 0 aliphatic heterocycles. The molecule has 0 bridgehead atoms. The summed E-state index contributed by atoms with van der Waals surface area (Å²) in [5.74, 6) is -0.210. The Kier molecular flexibility index (Phi) is 4.07. The molecular weight excluding hydrogens is 324 g/mol. The molecule has 4 rings (SSSR count). The van der Waals surface area contributed by atoms with E-state index < -0.39 is 0 Å². The first-order valence-electron chi connectivity index (χ1n) is 8.25. The molecule has 4 nitrogen and oxygen atoms in total. The van der Waals surface area contributed by atoms with Gasteiger partial charge in [-0.1, -0.05) is 48.5 Å². The van der Waals surface area contributed by atoms with Crippen LogP contribution in [0, 0.1) is 0 Å². The molecule has 4 aromatic carbocycles. The third kappa shape index (κ3) is 3.00. The van der Waals surface area contributed by atoms with Crippen molar-refractivity contribution in [3.8, 4) is 5.75 Å². The summed E-state index contributed by atoms with van der Waals surface area (Å²) in [6.07, 6.45) is 1.68. The Hall–Kier alpha value is -3.66. The summed E-state index contributed by atoms with van der Waals surface area (Å²) in [7, 11) is 0. The van der Waals surface area contributed by atoms with Gasteiger partial charge in [0.15, 0.2) is 0 Å². The second-order valence-electron chi connectivity index (χ2n) is 5.98. The minimum absolute atomic E-state index is 0.118. The van der Waals surface area contributed by atoms with Gasteiger partial charge in [-0.15, -0.1) is 0 Å². The average Bonchev–Trinajstić information content (AvgIpc) is 2.68. The Balaban J connectivity index is 1.70. The number of fused-ring (bicyclic) bond motifs is 2. The zero-order valence-electron chi connectivity index (χ0n) is 13.9. The molecule has 0 unspecified atom stereocenters. The Morgan fingerprint density at radius 3 is 2.04 bits per heavy atom. The molecule has 0 aliphatic rings. The number of carbonyl (C=O) groups excluding carboxylic acids is 1. The fourth-order valence-electron chi connectivity index (χ4n) is 3.02. The number of phenolic OH excluding ortho intramolecular Hbond substituents is 1. The Morgan fingerprint density at radius 1 is 0.846 bits per heavy atom. The maximum atomic E-state index is 12.2. The number of amides is 1. The number of hydrazone groups is 1. The number of carbonyl (C=O) groups is 1. The molecule has 0 aromatic heterocycles. The molecule has 0 atom stereocenters. The van der Waals surface area contributed by atoms with Crippen molar-refractivity contribution in [1.29, 1.82) is 0 Å². The summed E-state index contributed by atoms with van der Waals surface area (Å²) in [6.45, 7) is 0. The lowest BCUT2D eigenvalue weighted by Crippen LogP contribution is -2.17. The summed E-state index contributed by atoms with van der Waals surface area (Å²) in [6, 6.07) is 24.4. The zero-order chi connectivity index (χ0) is 17.9. The summed E-state index contributed by atoms with van der Waals surface area (Å²) in [5, 5.41) is 17.9. The smallest absolute Gasteiger partial charge is 0.271 e. The van der Waals surface area contributed by atoms with E-state index in [0.29, 0.717) is 5.56 Å². The molecule has 2 N–H and O–H groups in total. The summed E-state index contributed by atoms with van der Waals surface area (Å²) < 4.78 is 0. The molecule has 1 amide bonds. The first kappa shape index (κ1) is 15.8. The highest BCUT2D eigenvalue weighted by Gasteiger charge is 2.06. The number of hydrogen-bond donors (Lipinski definition) is 2. The highest BCUT2D eigenvalue weighted by atomic mass is 16.3. The molecule has 4 aromatic rings. The number of nitrogens with zero attached hydrogens (tertiary/aromatic N) is 1. The predicted octanol–water partition coefficient (Wildman–Crippen LogP) is 4.46. The number of rotatable bonds is 3. The van der Waals surface area contributed by atoms with Crippen molar-refractivity contribution in [2.75, 3.05) is 0 Å². The van der Waals surface area contributed by atoms with Crippen molar-refractivity contribution in [1.82, 2.24) is 5.43 Å².